The molecule has 0 saturated carbocycles. The summed E-state index contributed by atoms with van der Waals surface area (Å²) in [6.45, 7) is 6.64. The number of para-hydroxylation sites is 1. The second kappa shape index (κ2) is 7.62. The van der Waals surface area contributed by atoms with Gasteiger partial charge in [-0.3, -0.25) is 0 Å². The Morgan fingerprint density at radius 3 is 1.92 bits per heavy atom. The van der Waals surface area contributed by atoms with Crippen LogP contribution in [0.1, 0.15) is 27.2 Å². The Morgan fingerprint density at radius 2 is 1.69 bits per heavy atom. The van der Waals surface area contributed by atoms with Crippen LogP contribution in [0.3, 0.4) is 0 Å². The summed E-state index contributed by atoms with van der Waals surface area (Å²) in [5, 5.41) is 0. The van der Waals surface area contributed by atoms with Gasteiger partial charge in [0, 0.05) is 0 Å². The maximum Gasteiger partial charge on any atom is 0.146 e. The quantitative estimate of drug-likeness (QED) is 0.712. The maximum absolute atomic E-state index is 4.85. The lowest BCUT2D eigenvalue weighted by Gasteiger charge is -1.92. The second-order valence-electron chi connectivity index (χ2n) is 3.23. The van der Waals surface area contributed by atoms with Crippen LogP contribution in [-0.2, 0) is 0 Å². The SMILES string of the molecule is CCC(C)C.NOc1ccccc1. The normalized spacial score (nSPS) is 9.00. The molecule has 0 amide bonds. The molecule has 0 aliphatic carbocycles. The van der Waals surface area contributed by atoms with E-state index in [0.29, 0.717) is 5.75 Å². The molecule has 0 unspecified atom stereocenters. The average Bonchev–Trinajstić information content (AvgIpc) is 2.20. The van der Waals surface area contributed by atoms with Crippen LogP contribution >= 0.6 is 0 Å². The first kappa shape index (κ1) is 12.0. The van der Waals surface area contributed by atoms with Crippen LogP contribution in [0.2, 0.25) is 0 Å². The summed E-state index contributed by atoms with van der Waals surface area (Å²) in [6.07, 6.45) is 1.31. The molecule has 0 spiro atoms. The van der Waals surface area contributed by atoms with E-state index in [-0.39, 0.29) is 0 Å². The van der Waals surface area contributed by atoms with Crippen LogP contribution in [0.25, 0.3) is 0 Å². The van der Waals surface area contributed by atoms with Gasteiger partial charge in [-0.1, -0.05) is 45.4 Å². The molecule has 74 valence electrons. The topological polar surface area (TPSA) is 35.2 Å². The van der Waals surface area contributed by atoms with Gasteiger partial charge in [0.25, 0.3) is 0 Å². The first-order chi connectivity index (χ1) is 6.20. The standard InChI is InChI=1S/C6H7NO.C5H12/c7-8-6-4-2-1-3-5-6;1-4-5(2)3/h1-5H,7H2;5H,4H2,1-3H3. The lowest BCUT2D eigenvalue weighted by molar-refractivity contribution is 0.334. The summed E-state index contributed by atoms with van der Waals surface area (Å²) in [5.41, 5.74) is 0. The fraction of sp³-hybridized carbons (Fsp3) is 0.455. The maximum atomic E-state index is 4.85. The molecular formula is C11H19NO. The average molecular weight is 181 g/mol. The van der Waals surface area contributed by atoms with Gasteiger partial charge in [-0.05, 0) is 18.1 Å². The Bertz CT molecular complexity index is 197. The summed E-state index contributed by atoms with van der Waals surface area (Å²) >= 11 is 0. The van der Waals surface area contributed by atoms with E-state index >= 15 is 0 Å². The molecule has 0 atom stereocenters. The van der Waals surface area contributed by atoms with Crippen molar-refractivity contribution in [2.75, 3.05) is 0 Å². The van der Waals surface area contributed by atoms with E-state index < -0.39 is 0 Å². The van der Waals surface area contributed by atoms with E-state index in [1.807, 2.05) is 18.2 Å². The molecule has 0 aliphatic heterocycles. The van der Waals surface area contributed by atoms with E-state index in [1.54, 1.807) is 12.1 Å². The molecule has 1 rings (SSSR count). The first-order valence-electron chi connectivity index (χ1n) is 4.62. The van der Waals surface area contributed by atoms with Gasteiger partial charge in [0.2, 0.25) is 0 Å². The van der Waals surface area contributed by atoms with Crippen molar-refractivity contribution in [1.29, 1.82) is 0 Å². The van der Waals surface area contributed by atoms with Gasteiger partial charge in [0.05, 0.1) is 0 Å². The molecular weight excluding hydrogens is 162 g/mol. The first-order valence-corrected chi connectivity index (χ1v) is 4.62. The zero-order valence-corrected chi connectivity index (χ0v) is 8.66. The lowest BCUT2D eigenvalue weighted by atomic mass is 10.2. The minimum atomic E-state index is 0.688. The number of benzene rings is 1. The third kappa shape index (κ3) is 7.34. The monoisotopic (exact) mass is 181 g/mol. The fourth-order valence-corrected chi connectivity index (χ4v) is 0.499. The summed E-state index contributed by atoms with van der Waals surface area (Å²) in [6, 6.07) is 9.22. The van der Waals surface area contributed by atoms with Crippen molar-refractivity contribution in [3.63, 3.8) is 0 Å². The van der Waals surface area contributed by atoms with E-state index in [4.69, 9.17) is 5.90 Å². The van der Waals surface area contributed by atoms with Gasteiger partial charge in [0.15, 0.2) is 0 Å². The van der Waals surface area contributed by atoms with Crippen LogP contribution in [0.15, 0.2) is 30.3 Å². The summed E-state index contributed by atoms with van der Waals surface area (Å²) in [5.74, 6) is 6.42. The number of rotatable bonds is 2. The molecule has 0 aromatic heterocycles. The highest BCUT2D eigenvalue weighted by atomic mass is 16.6. The minimum absolute atomic E-state index is 0.688. The number of nitrogens with two attached hydrogens (primary N) is 1. The Labute approximate surface area is 80.7 Å². The Morgan fingerprint density at radius 1 is 1.23 bits per heavy atom. The van der Waals surface area contributed by atoms with Crippen molar-refractivity contribution in [2.45, 2.75) is 27.2 Å². The van der Waals surface area contributed by atoms with Crippen molar-refractivity contribution < 1.29 is 4.84 Å². The van der Waals surface area contributed by atoms with Crippen molar-refractivity contribution in [3.05, 3.63) is 30.3 Å². The smallest absolute Gasteiger partial charge is 0.146 e. The van der Waals surface area contributed by atoms with Gasteiger partial charge in [-0.15, -0.1) is 0 Å². The second-order valence-corrected chi connectivity index (χ2v) is 3.23. The van der Waals surface area contributed by atoms with Gasteiger partial charge in [-0.2, -0.15) is 5.90 Å². The third-order valence-electron chi connectivity index (χ3n) is 1.70. The van der Waals surface area contributed by atoms with Gasteiger partial charge in [-0.25, -0.2) is 0 Å². The molecule has 0 fully saturated rings. The van der Waals surface area contributed by atoms with Crippen LogP contribution < -0.4 is 10.7 Å². The molecule has 1 aromatic rings. The molecule has 13 heavy (non-hydrogen) atoms. The molecule has 2 heteroatoms. The molecule has 0 aliphatic rings. The molecule has 0 saturated heterocycles. The van der Waals surface area contributed by atoms with E-state index in [2.05, 4.69) is 25.6 Å². The predicted octanol–water partition coefficient (Wildman–Crippen LogP) is 2.99. The van der Waals surface area contributed by atoms with E-state index in [0.717, 1.165) is 5.92 Å². The van der Waals surface area contributed by atoms with Crippen molar-refractivity contribution in [2.24, 2.45) is 11.8 Å². The van der Waals surface area contributed by atoms with E-state index in [9.17, 15) is 0 Å². The molecule has 2 nitrogen and oxygen atoms in total. The molecule has 0 heterocycles. The predicted molar refractivity (Wildman–Crippen MR) is 56.4 cm³/mol. The van der Waals surface area contributed by atoms with Crippen LogP contribution in [0.5, 0.6) is 5.75 Å². The zero-order chi connectivity index (χ0) is 10.1. The van der Waals surface area contributed by atoms with Gasteiger partial charge in [0.1, 0.15) is 5.75 Å². The van der Waals surface area contributed by atoms with Gasteiger partial charge >= 0.3 is 0 Å². The summed E-state index contributed by atoms with van der Waals surface area (Å²) in [7, 11) is 0. The van der Waals surface area contributed by atoms with Crippen LogP contribution in [0, 0.1) is 5.92 Å². The Kier molecular flexibility index (Phi) is 7.02. The zero-order valence-electron chi connectivity index (χ0n) is 8.66. The molecule has 0 radical (unpaired) electrons. The largest absolute Gasteiger partial charge is 0.412 e. The van der Waals surface area contributed by atoms with Crippen molar-refractivity contribution >= 4 is 0 Å². The Balaban J connectivity index is 0.000000252. The molecule has 0 bridgehead atoms. The Hall–Kier alpha value is -1.02. The fourth-order valence-electron chi connectivity index (χ4n) is 0.499. The van der Waals surface area contributed by atoms with Gasteiger partial charge < -0.3 is 4.84 Å². The summed E-state index contributed by atoms with van der Waals surface area (Å²) < 4.78 is 0. The summed E-state index contributed by atoms with van der Waals surface area (Å²) in [4.78, 5) is 4.41. The lowest BCUT2D eigenvalue weighted by Crippen LogP contribution is -2.00. The third-order valence-corrected chi connectivity index (χ3v) is 1.70. The van der Waals surface area contributed by atoms with Crippen LogP contribution in [0.4, 0.5) is 0 Å². The molecule has 1 aromatic carbocycles. The number of hydrogen-bond acceptors (Lipinski definition) is 2. The van der Waals surface area contributed by atoms with Crippen molar-refractivity contribution in [3.8, 4) is 5.75 Å². The molecule has 2 N–H and O–H groups in total. The number of hydrogen-bond donors (Lipinski definition) is 1. The highest BCUT2D eigenvalue weighted by molar-refractivity contribution is 5.20. The highest BCUT2D eigenvalue weighted by Crippen LogP contribution is 2.04. The van der Waals surface area contributed by atoms with Crippen molar-refractivity contribution in [1.82, 2.24) is 0 Å². The van der Waals surface area contributed by atoms with E-state index in [1.165, 1.54) is 6.42 Å². The highest BCUT2D eigenvalue weighted by Gasteiger charge is 1.81. The minimum Gasteiger partial charge on any atom is -0.412 e. The van der Waals surface area contributed by atoms with Crippen LogP contribution in [-0.4, -0.2) is 0 Å².